The molecular formula is C31H28N2O4S. The third-order valence-electron chi connectivity index (χ3n) is 6.43. The number of allylic oxidation sites excluding steroid dienone is 1. The van der Waals surface area contributed by atoms with E-state index >= 15 is 0 Å². The molecule has 0 N–H and O–H groups in total. The van der Waals surface area contributed by atoms with Gasteiger partial charge in [0.25, 0.3) is 5.56 Å². The average Bonchev–Trinajstić information content (AvgIpc) is 3.26. The van der Waals surface area contributed by atoms with E-state index in [2.05, 4.69) is 19.1 Å². The molecule has 1 aliphatic heterocycles. The van der Waals surface area contributed by atoms with Gasteiger partial charge >= 0.3 is 5.97 Å². The molecule has 0 bridgehead atoms. The van der Waals surface area contributed by atoms with Crippen LogP contribution in [0.5, 0.6) is 5.75 Å². The van der Waals surface area contributed by atoms with Crippen LogP contribution in [0.3, 0.4) is 0 Å². The van der Waals surface area contributed by atoms with E-state index in [9.17, 15) is 9.59 Å². The monoisotopic (exact) mass is 524 g/mol. The summed E-state index contributed by atoms with van der Waals surface area (Å²) in [6.45, 7) is 4.49. The third-order valence-corrected chi connectivity index (χ3v) is 7.41. The Kier molecular flexibility index (Phi) is 7.38. The van der Waals surface area contributed by atoms with Crippen LogP contribution in [-0.4, -0.2) is 17.6 Å². The number of carbonyl (C=O) groups is 1. The minimum atomic E-state index is -0.602. The first kappa shape index (κ1) is 25.4. The van der Waals surface area contributed by atoms with Gasteiger partial charge in [-0.25, -0.2) is 9.79 Å². The molecule has 7 heteroatoms. The van der Waals surface area contributed by atoms with Gasteiger partial charge in [0, 0.05) is 0 Å². The summed E-state index contributed by atoms with van der Waals surface area (Å²) in [4.78, 5) is 31.8. The van der Waals surface area contributed by atoms with Gasteiger partial charge < -0.3 is 9.47 Å². The summed E-state index contributed by atoms with van der Waals surface area (Å²) >= 11 is 1.32. The van der Waals surface area contributed by atoms with Crippen molar-refractivity contribution in [1.82, 2.24) is 4.57 Å². The number of aryl methyl sites for hydroxylation is 1. The first-order valence-electron chi connectivity index (χ1n) is 12.4. The van der Waals surface area contributed by atoms with Crippen molar-refractivity contribution in [3.8, 4) is 5.75 Å². The van der Waals surface area contributed by atoms with E-state index in [1.807, 2.05) is 79.7 Å². The number of thiazole rings is 1. The van der Waals surface area contributed by atoms with Gasteiger partial charge in [-0.15, -0.1) is 0 Å². The fourth-order valence-corrected chi connectivity index (χ4v) is 5.62. The summed E-state index contributed by atoms with van der Waals surface area (Å²) in [6, 6.07) is 24.8. The Bertz CT molecular complexity index is 1680. The molecule has 4 aromatic rings. The van der Waals surface area contributed by atoms with Crippen LogP contribution in [0.25, 0.3) is 6.08 Å². The summed E-state index contributed by atoms with van der Waals surface area (Å²) in [5, 5.41) is 0. The van der Waals surface area contributed by atoms with Gasteiger partial charge in [-0.2, -0.15) is 0 Å². The lowest BCUT2D eigenvalue weighted by molar-refractivity contribution is -0.136. The number of methoxy groups -OCH3 is 1. The Morgan fingerprint density at radius 2 is 1.82 bits per heavy atom. The molecule has 6 nitrogen and oxygen atoms in total. The quantitative estimate of drug-likeness (QED) is 0.329. The van der Waals surface area contributed by atoms with Gasteiger partial charge in [0.1, 0.15) is 12.4 Å². The number of aromatic nitrogens is 1. The van der Waals surface area contributed by atoms with Crippen molar-refractivity contribution in [3.63, 3.8) is 0 Å². The maximum atomic E-state index is 13.7. The number of fused-ring (bicyclic) bond motifs is 1. The smallest absolute Gasteiger partial charge is 0.338 e. The number of rotatable bonds is 7. The SMILES string of the molecule is CCC1=C(C(=O)OC)[C@@H](c2ccccc2)n2c(s/c(=C\c3ccc(OCc4cccc(C)c4)cc3)c2=O)=N1. The van der Waals surface area contributed by atoms with Gasteiger partial charge in [-0.3, -0.25) is 9.36 Å². The van der Waals surface area contributed by atoms with Crippen LogP contribution in [0, 0.1) is 6.92 Å². The molecule has 0 amide bonds. The van der Waals surface area contributed by atoms with Crippen molar-refractivity contribution in [3.05, 3.63) is 132 Å². The molecule has 1 aliphatic rings. The molecule has 2 heterocycles. The van der Waals surface area contributed by atoms with Gasteiger partial charge in [0.15, 0.2) is 4.80 Å². The Morgan fingerprint density at radius 3 is 2.50 bits per heavy atom. The molecule has 0 spiro atoms. The second kappa shape index (κ2) is 11.0. The largest absolute Gasteiger partial charge is 0.489 e. The molecule has 192 valence electrons. The maximum absolute atomic E-state index is 13.7. The molecule has 0 unspecified atom stereocenters. The molecule has 1 aromatic heterocycles. The summed E-state index contributed by atoms with van der Waals surface area (Å²) in [5.74, 6) is 0.277. The van der Waals surface area contributed by atoms with Crippen molar-refractivity contribution >= 4 is 23.4 Å². The number of carbonyl (C=O) groups excluding carboxylic acids is 1. The van der Waals surface area contributed by atoms with Crippen molar-refractivity contribution in [1.29, 1.82) is 0 Å². The molecular weight excluding hydrogens is 496 g/mol. The Balaban J connectivity index is 1.50. The van der Waals surface area contributed by atoms with Gasteiger partial charge in [0.2, 0.25) is 0 Å². The molecule has 0 aliphatic carbocycles. The number of hydrogen-bond acceptors (Lipinski definition) is 6. The lowest BCUT2D eigenvalue weighted by Gasteiger charge is -2.25. The van der Waals surface area contributed by atoms with Gasteiger partial charge in [-0.05, 0) is 48.2 Å². The minimum Gasteiger partial charge on any atom is -0.489 e. The van der Waals surface area contributed by atoms with Crippen LogP contribution < -0.4 is 19.6 Å². The fraction of sp³-hybridized carbons (Fsp3) is 0.194. The normalized spacial score (nSPS) is 15.1. The van der Waals surface area contributed by atoms with Crippen molar-refractivity contribution < 1.29 is 14.3 Å². The predicted molar refractivity (Wildman–Crippen MR) is 149 cm³/mol. The summed E-state index contributed by atoms with van der Waals surface area (Å²) in [5.41, 5.74) is 4.85. The maximum Gasteiger partial charge on any atom is 0.338 e. The van der Waals surface area contributed by atoms with E-state index in [0.29, 0.717) is 33.6 Å². The first-order valence-corrected chi connectivity index (χ1v) is 13.3. The summed E-state index contributed by atoms with van der Waals surface area (Å²) in [6.07, 6.45) is 2.40. The first-order chi connectivity index (χ1) is 18.5. The second-order valence-corrected chi connectivity index (χ2v) is 10.1. The lowest BCUT2D eigenvalue weighted by atomic mass is 9.95. The van der Waals surface area contributed by atoms with Crippen LogP contribution in [-0.2, 0) is 16.1 Å². The van der Waals surface area contributed by atoms with Crippen molar-refractivity contribution in [2.75, 3.05) is 7.11 Å². The van der Waals surface area contributed by atoms with E-state index in [-0.39, 0.29) is 5.56 Å². The molecule has 0 saturated carbocycles. The second-order valence-electron chi connectivity index (χ2n) is 9.05. The molecule has 3 aromatic carbocycles. The van der Waals surface area contributed by atoms with Crippen molar-refractivity contribution in [2.24, 2.45) is 4.99 Å². The number of ether oxygens (including phenoxy) is 2. The Morgan fingerprint density at radius 1 is 1.05 bits per heavy atom. The fourth-order valence-electron chi connectivity index (χ4n) is 4.60. The molecule has 0 fully saturated rings. The zero-order chi connectivity index (χ0) is 26.6. The summed E-state index contributed by atoms with van der Waals surface area (Å²) < 4.78 is 13.2. The Hall–Kier alpha value is -4.23. The highest BCUT2D eigenvalue weighted by atomic mass is 32.1. The topological polar surface area (TPSA) is 69.9 Å². The van der Waals surface area contributed by atoms with Gasteiger partial charge in [0.05, 0.1) is 29.0 Å². The highest BCUT2D eigenvalue weighted by Gasteiger charge is 2.33. The zero-order valence-corrected chi connectivity index (χ0v) is 22.3. The molecule has 1 atom stereocenters. The molecule has 5 rings (SSSR count). The highest BCUT2D eigenvalue weighted by molar-refractivity contribution is 7.07. The van der Waals surface area contributed by atoms with E-state index in [0.717, 1.165) is 22.4 Å². The third kappa shape index (κ3) is 5.10. The average molecular weight is 525 g/mol. The van der Waals surface area contributed by atoms with E-state index in [1.165, 1.54) is 24.0 Å². The van der Waals surface area contributed by atoms with Gasteiger partial charge in [-0.1, -0.05) is 90.6 Å². The lowest BCUT2D eigenvalue weighted by Crippen LogP contribution is -2.40. The highest BCUT2D eigenvalue weighted by Crippen LogP contribution is 2.31. The zero-order valence-electron chi connectivity index (χ0n) is 21.5. The van der Waals surface area contributed by atoms with E-state index in [1.54, 1.807) is 4.57 Å². The predicted octanol–water partition coefficient (Wildman–Crippen LogP) is 4.69. The molecule has 38 heavy (non-hydrogen) atoms. The number of nitrogens with zero attached hydrogens (tertiary/aromatic N) is 2. The molecule has 0 radical (unpaired) electrons. The van der Waals surface area contributed by atoms with Crippen LogP contribution >= 0.6 is 11.3 Å². The number of benzene rings is 3. The standard InChI is InChI=1S/C31H28N2O4S/c1-4-25-27(30(35)36-3)28(23-11-6-5-7-12-23)33-29(34)26(38-31(33)32-25)18-21-13-15-24(16-14-21)37-19-22-10-8-9-20(2)17-22/h5-18,28H,4,19H2,1-3H3/b26-18-/t28-/m1/s1. The van der Waals surface area contributed by atoms with Crippen molar-refractivity contribution in [2.45, 2.75) is 32.9 Å². The van der Waals surface area contributed by atoms with Crippen LogP contribution in [0.1, 0.15) is 41.6 Å². The van der Waals surface area contributed by atoms with Crippen LogP contribution in [0.2, 0.25) is 0 Å². The Labute approximate surface area is 224 Å². The number of hydrogen-bond donors (Lipinski definition) is 0. The molecule has 0 saturated heterocycles. The number of esters is 1. The minimum absolute atomic E-state index is 0.195. The van der Waals surface area contributed by atoms with E-state index in [4.69, 9.17) is 14.5 Å². The van der Waals surface area contributed by atoms with Crippen LogP contribution in [0.4, 0.5) is 0 Å². The van der Waals surface area contributed by atoms with E-state index < -0.39 is 12.0 Å². The summed E-state index contributed by atoms with van der Waals surface area (Å²) in [7, 11) is 1.35. The van der Waals surface area contributed by atoms with Crippen LogP contribution in [0.15, 0.2) is 99.9 Å².